The van der Waals surface area contributed by atoms with E-state index >= 15 is 0 Å². The Bertz CT molecular complexity index is 586. The molecule has 0 spiro atoms. The Labute approximate surface area is 124 Å². The van der Waals surface area contributed by atoms with Crippen molar-refractivity contribution in [3.63, 3.8) is 0 Å². The van der Waals surface area contributed by atoms with Crippen LogP contribution in [-0.4, -0.2) is 27.5 Å². The lowest BCUT2D eigenvalue weighted by Crippen LogP contribution is -2.13. The molecule has 2 aromatic rings. The minimum Gasteiger partial charge on any atom is -0.415 e. The van der Waals surface area contributed by atoms with Gasteiger partial charge in [0.1, 0.15) is 5.82 Å². The molecule has 0 saturated carbocycles. The number of hydrogen-bond acceptors (Lipinski definition) is 6. The van der Waals surface area contributed by atoms with Crippen molar-refractivity contribution >= 4 is 29.3 Å². The molecule has 1 aromatic heterocycles. The molecular weight excluding hydrogens is 299 g/mol. The summed E-state index contributed by atoms with van der Waals surface area (Å²) in [7, 11) is 0. The van der Waals surface area contributed by atoms with Crippen LogP contribution < -0.4 is 0 Å². The molecule has 0 N–H and O–H groups in total. The van der Waals surface area contributed by atoms with Gasteiger partial charge in [-0.2, -0.15) is 11.8 Å². The quantitative estimate of drug-likeness (QED) is 0.601. The topological polar surface area (TPSA) is 56.0 Å². The molecule has 2 rings (SSSR count). The molecule has 1 unspecified atom stereocenters. The van der Waals surface area contributed by atoms with E-state index < -0.39 is 0 Å². The van der Waals surface area contributed by atoms with E-state index in [9.17, 15) is 9.18 Å². The monoisotopic (exact) mass is 312 g/mol. The maximum atomic E-state index is 12.8. The lowest BCUT2D eigenvalue weighted by atomic mass is 10.1. The van der Waals surface area contributed by atoms with Crippen molar-refractivity contribution in [3.8, 4) is 0 Å². The lowest BCUT2D eigenvalue weighted by Gasteiger charge is -2.07. The zero-order valence-electron chi connectivity index (χ0n) is 11.0. The minimum atomic E-state index is -0.372. The maximum Gasteiger partial charge on any atom is 0.277 e. The number of thioether (sulfide) groups is 2. The number of rotatable bonds is 6. The molecule has 106 valence electrons. The van der Waals surface area contributed by atoms with E-state index in [4.69, 9.17) is 4.42 Å². The molecule has 0 fully saturated rings. The van der Waals surface area contributed by atoms with Gasteiger partial charge in [0.05, 0.1) is 11.0 Å². The Morgan fingerprint density at radius 3 is 2.70 bits per heavy atom. The molecule has 1 heterocycles. The summed E-state index contributed by atoms with van der Waals surface area (Å²) in [6.45, 7) is 1.76. The van der Waals surface area contributed by atoms with Crippen LogP contribution in [0.4, 0.5) is 4.39 Å². The molecule has 0 radical (unpaired) electrons. The summed E-state index contributed by atoms with van der Waals surface area (Å²) in [6.07, 6.45) is 1.94. The molecule has 0 amide bonds. The third kappa shape index (κ3) is 3.83. The second kappa shape index (κ2) is 6.90. The molecule has 0 aliphatic rings. The fourth-order valence-electron chi connectivity index (χ4n) is 1.52. The molecule has 20 heavy (non-hydrogen) atoms. The average molecular weight is 312 g/mol. The largest absolute Gasteiger partial charge is 0.415 e. The first kappa shape index (κ1) is 15.1. The first-order chi connectivity index (χ1) is 9.60. The molecule has 0 aliphatic heterocycles. The van der Waals surface area contributed by atoms with E-state index in [-0.39, 0.29) is 16.9 Å². The van der Waals surface area contributed by atoms with Crippen molar-refractivity contribution in [2.75, 3.05) is 6.26 Å². The van der Waals surface area contributed by atoms with Crippen LogP contribution in [0, 0.1) is 5.82 Å². The Morgan fingerprint density at radius 1 is 1.35 bits per heavy atom. The number of benzene rings is 1. The van der Waals surface area contributed by atoms with E-state index in [1.165, 1.54) is 36.0 Å². The Kier molecular flexibility index (Phi) is 5.19. The number of nitrogens with zero attached hydrogens (tertiary/aromatic N) is 2. The number of carbonyl (C=O) groups is 1. The van der Waals surface area contributed by atoms with Gasteiger partial charge in [-0.1, -0.05) is 11.8 Å². The van der Waals surface area contributed by atoms with Crippen LogP contribution in [-0.2, 0) is 5.75 Å². The Morgan fingerprint density at radius 2 is 2.05 bits per heavy atom. The zero-order chi connectivity index (χ0) is 14.5. The molecular formula is C13H13FN2O2S2. The summed E-state index contributed by atoms with van der Waals surface area (Å²) in [5, 5.41) is 7.77. The summed E-state index contributed by atoms with van der Waals surface area (Å²) >= 11 is 2.79. The van der Waals surface area contributed by atoms with Crippen LogP contribution in [0.2, 0.25) is 0 Å². The third-order valence-corrected chi connectivity index (χ3v) is 3.96. The lowest BCUT2D eigenvalue weighted by molar-refractivity contribution is 0.0993. The number of carbonyl (C=O) groups excluding carboxylic acids is 1. The van der Waals surface area contributed by atoms with Crippen molar-refractivity contribution in [2.45, 2.75) is 23.1 Å². The van der Waals surface area contributed by atoms with Crippen LogP contribution in [0.1, 0.15) is 23.2 Å². The first-order valence-corrected chi connectivity index (χ1v) is 8.15. The van der Waals surface area contributed by atoms with Crippen molar-refractivity contribution in [1.82, 2.24) is 10.2 Å². The van der Waals surface area contributed by atoms with Gasteiger partial charge in [-0.25, -0.2) is 4.39 Å². The Balaban J connectivity index is 2.01. The second-order valence-corrected chi connectivity index (χ2v) is 6.18. The highest BCUT2D eigenvalue weighted by molar-refractivity contribution is 8.00. The third-order valence-electron chi connectivity index (χ3n) is 2.49. The van der Waals surface area contributed by atoms with Crippen LogP contribution in [0.25, 0.3) is 0 Å². The highest BCUT2D eigenvalue weighted by Gasteiger charge is 2.19. The van der Waals surface area contributed by atoms with E-state index in [2.05, 4.69) is 10.2 Å². The summed E-state index contributed by atoms with van der Waals surface area (Å²) in [5.41, 5.74) is 0.468. The van der Waals surface area contributed by atoms with Gasteiger partial charge in [-0.15, -0.1) is 10.2 Å². The molecule has 1 atom stereocenters. The van der Waals surface area contributed by atoms with Crippen LogP contribution in [0.15, 0.2) is 33.9 Å². The van der Waals surface area contributed by atoms with Gasteiger partial charge < -0.3 is 4.42 Å². The molecule has 0 aliphatic carbocycles. The molecule has 0 saturated heterocycles. The highest BCUT2D eigenvalue weighted by Crippen LogP contribution is 2.25. The van der Waals surface area contributed by atoms with Gasteiger partial charge in [0.2, 0.25) is 5.89 Å². The number of Topliss-reactive ketones (excluding diaryl/α,β-unsaturated/α-hetero) is 1. The van der Waals surface area contributed by atoms with Gasteiger partial charge in [-0.3, -0.25) is 4.79 Å². The number of aromatic nitrogens is 2. The predicted octanol–water partition coefficient (Wildman–Crippen LogP) is 3.44. The Hall–Kier alpha value is -1.34. The first-order valence-electron chi connectivity index (χ1n) is 5.88. The van der Waals surface area contributed by atoms with Crippen LogP contribution in [0.5, 0.6) is 0 Å². The molecule has 4 nitrogen and oxygen atoms in total. The number of ketones is 1. The summed E-state index contributed by atoms with van der Waals surface area (Å²) < 4.78 is 18.2. The van der Waals surface area contributed by atoms with E-state index in [0.717, 1.165) is 0 Å². The molecule has 1 aromatic carbocycles. The van der Waals surface area contributed by atoms with Crippen molar-refractivity contribution in [2.24, 2.45) is 0 Å². The average Bonchev–Trinajstić information content (AvgIpc) is 2.86. The highest BCUT2D eigenvalue weighted by atomic mass is 32.2. The normalized spacial score (nSPS) is 12.3. The summed E-state index contributed by atoms with van der Waals surface area (Å²) in [5.74, 6) is 0.731. The zero-order valence-corrected chi connectivity index (χ0v) is 12.6. The van der Waals surface area contributed by atoms with Crippen molar-refractivity contribution in [1.29, 1.82) is 0 Å². The van der Waals surface area contributed by atoms with Crippen molar-refractivity contribution in [3.05, 3.63) is 41.5 Å². The summed E-state index contributed by atoms with van der Waals surface area (Å²) in [6, 6.07) is 5.49. The second-order valence-electron chi connectivity index (χ2n) is 4.03. The van der Waals surface area contributed by atoms with Gasteiger partial charge in [-0.05, 0) is 37.4 Å². The summed E-state index contributed by atoms with van der Waals surface area (Å²) in [4.78, 5) is 12.2. The van der Waals surface area contributed by atoms with E-state index in [1.54, 1.807) is 18.7 Å². The smallest absolute Gasteiger partial charge is 0.277 e. The number of halogens is 1. The fourth-order valence-corrected chi connectivity index (χ4v) is 2.66. The van der Waals surface area contributed by atoms with Gasteiger partial charge >= 0.3 is 0 Å². The van der Waals surface area contributed by atoms with Crippen LogP contribution >= 0.6 is 23.5 Å². The fraction of sp³-hybridized carbons (Fsp3) is 0.308. The number of hydrogen-bond donors (Lipinski definition) is 0. The molecule has 0 bridgehead atoms. The van der Waals surface area contributed by atoms with Crippen LogP contribution in [0.3, 0.4) is 0 Å². The SMILES string of the molecule is CSCc1nnc(SC(C)C(=O)c2ccc(F)cc2)o1. The maximum absolute atomic E-state index is 12.8. The van der Waals surface area contributed by atoms with Gasteiger partial charge in [0.25, 0.3) is 5.22 Å². The van der Waals surface area contributed by atoms with Crippen molar-refractivity contribution < 1.29 is 13.6 Å². The molecule has 7 heteroatoms. The van der Waals surface area contributed by atoms with E-state index in [0.29, 0.717) is 22.4 Å². The standard InChI is InChI=1S/C13H13FN2O2S2/c1-8(12(17)9-3-5-10(14)6-4-9)20-13-16-15-11(18-13)7-19-2/h3-6,8H,7H2,1-2H3. The minimum absolute atomic E-state index is 0.0976. The van der Waals surface area contributed by atoms with E-state index in [1.807, 2.05) is 6.26 Å². The van der Waals surface area contributed by atoms with Gasteiger partial charge in [0.15, 0.2) is 5.78 Å². The predicted molar refractivity (Wildman–Crippen MR) is 77.6 cm³/mol. The van der Waals surface area contributed by atoms with Gasteiger partial charge in [0, 0.05) is 5.56 Å².